The number of nitrogens with zero attached hydrogens (tertiary/aromatic N) is 2. The second-order valence-corrected chi connectivity index (χ2v) is 5.23. The predicted octanol–water partition coefficient (Wildman–Crippen LogP) is 3.80. The number of hydrogen-bond acceptors (Lipinski definition) is 3. The number of hydrogen-bond donors (Lipinski definition) is 0. The van der Waals surface area contributed by atoms with E-state index in [1.54, 1.807) is 16.8 Å². The second kappa shape index (κ2) is 5.59. The van der Waals surface area contributed by atoms with Crippen LogP contribution in [0.2, 0.25) is 5.02 Å². The van der Waals surface area contributed by atoms with E-state index in [0.717, 1.165) is 22.4 Å². The fourth-order valence-electron chi connectivity index (χ4n) is 1.63. The molecule has 0 unspecified atom stereocenters. The van der Waals surface area contributed by atoms with Gasteiger partial charge in [-0.25, -0.2) is 0 Å². The summed E-state index contributed by atoms with van der Waals surface area (Å²) in [7, 11) is 0. The first-order valence-corrected chi connectivity index (χ1v) is 6.82. The zero-order chi connectivity index (χ0) is 13.1. The lowest BCUT2D eigenvalue weighted by molar-refractivity contribution is 0.108. The molecule has 1 heterocycles. The Morgan fingerprint density at radius 1 is 1.44 bits per heavy atom. The maximum atomic E-state index is 12.2. The molecule has 0 aliphatic carbocycles. The van der Waals surface area contributed by atoms with Gasteiger partial charge in [0.25, 0.3) is 0 Å². The Balaban J connectivity index is 2.25. The molecule has 0 aliphatic rings. The van der Waals surface area contributed by atoms with Crippen molar-refractivity contribution in [2.24, 2.45) is 0 Å². The third-order valence-corrected chi connectivity index (χ3v) is 3.86. The minimum Gasteiger partial charge on any atom is -0.279 e. The minimum absolute atomic E-state index is 0.0365. The number of rotatable bonds is 3. The monoisotopic (exact) mass is 280 g/mol. The van der Waals surface area contributed by atoms with Crippen LogP contribution >= 0.6 is 23.4 Å². The molecular weight excluding hydrogens is 268 g/mol. The van der Waals surface area contributed by atoms with Crippen LogP contribution in [0.4, 0.5) is 0 Å². The Morgan fingerprint density at radius 3 is 2.83 bits per heavy atom. The SMILES string of the molecule is CCn1nc(C)cc1C(=O)Sc1ccccc1Cl. The van der Waals surface area contributed by atoms with Gasteiger partial charge in [0.05, 0.1) is 10.7 Å². The molecule has 0 saturated carbocycles. The molecule has 0 bridgehead atoms. The standard InChI is InChI=1S/C13H13ClN2OS/c1-3-16-11(8-9(2)15-16)13(17)18-12-7-5-4-6-10(12)14/h4-8H,3H2,1-2H3. The Hall–Kier alpha value is -1.26. The highest BCUT2D eigenvalue weighted by Crippen LogP contribution is 2.29. The lowest BCUT2D eigenvalue weighted by Crippen LogP contribution is -2.06. The number of benzene rings is 1. The maximum Gasteiger partial charge on any atom is 0.242 e. The second-order valence-electron chi connectivity index (χ2n) is 3.81. The van der Waals surface area contributed by atoms with E-state index in [4.69, 9.17) is 11.6 Å². The third kappa shape index (κ3) is 2.76. The van der Waals surface area contributed by atoms with Crippen molar-refractivity contribution in [3.63, 3.8) is 0 Å². The number of carbonyl (C=O) groups excluding carboxylic acids is 1. The molecule has 3 nitrogen and oxygen atoms in total. The van der Waals surface area contributed by atoms with E-state index in [1.807, 2.05) is 32.0 Å². The molecule has 1 aromatic carbocycles. The molecule has 5 heteroatoms. The van der Waals surface area contributed by atoms with E-state index < -0.39 is 0 Å². The Labute approximate surface area is 115 Å². The van der Waals surface area contributed by atoms with Crippen LogP contribution in [0, 0.1) is 6.92 Å². The van der Waals surface area contributed by atoms with E-state index >= 15 is 0 Å². The van der Waals surface area contributed by atoms with Crippen molar-refractivity contribution in [2.45, 2.75) is 25.3 Å². The van der Waals surface area contributed by atoms with E-state index in [9.17, 15) is 4.79 Å². The average molecular weight is 281 g/mol. The van der Waals surface area contributed by atoms with Crippen LogP contribution in [0.3, 0.4) is 0 Å². The van der Waals surface area contributed by atoms with Gasteiger partial charge in [-0.2, -0.15) is 5.10 Å². The number of aryl methyl sites for hydroxylation is 2. The first-order valence-electron chi connectivity index (χ1n) is 5.63. The van der Waals surface area contributed by atoms with Crippen LogP contribution in [0.15, 0.2) is 35.2 Å². The zero-order valence-corrected chi connectivity index (χ0v) is 11.8. The van der Waals surface area contributed by atoms with Crippen molar-refractivity contribution in [1.82, 2.24) is 9.78 Å². The van der Waals surface area contributed by atoms with Gasteiger partial charge in [-0.15, -0.1) is 0 Å². The third-order valence-electron chi connectivity index (χ3n) is 2.45. The Morgan fingerprint density at radius 2 is 2.17 bits per heavy atom. The lowest BCUT2D eigenvalue weighted by atomic mass is 10.4. The lowest BCUT2D eigenvalue weighted by Gasteiger charge is -2.04. The molecule has 2 aromatic rings. The van der Waals surface area contributed by atoms with Gasteiger partial charge in [-0.3, -0.25) is 9.48 Å². The highest BCUT2D eigenvalue weighted by Gasteiger charge is 2.15. The highest BCUT2D eigenvalue weighted by molar-refractivity contribution is 8.14. The van der Waals surface area contributed by atoms with Gasteiger partial charge in [-0.05, 0) is 43.8 Å². The minimum atomic E-state index is -0.0365. The van der Waals surface area contributed by atoms with Gasteiger partial charge in [0.15, 0.2) is 0 Å². The Bertz CT molecular complexity index is 580. The largest absolute Gasteiger partial charge is 0.279 e. The van der Waals surface area contributed by atoms with Crippen LogP contribution in [0.5, 0.6) is 0 Å². The van der Waals surface area contributed by atoms with E-state index in [2.05, 4.69) is 5.10 Å². The first kappa shape index (κ1) is 13.2. The summed E-state index contributed by atoms with van der Waals surface area (Å²) >= 11 is 7.17. The molecule has 94 valence electrons. The van der Waals surface area contributed by atoms with Crippen molar-refractivity contribution < 1.29 is 4.79 Å². The fraction of sp³-hybridized carbons (Fsp3) is 0.231. The van der Waals surface area contributed by atoms with Crippen LogP contribution < -0.4 is 0 Å². The first-order chi connectivity index (χ1) is 8.61. The molecule has 0 aliphatic heterocycles. The summed E-state index contributed by atoms with van der Waals surface area (Å²) in [6, 6.07) is 9.13. The normalized spacial score (nSPS) is 10.6. The summed E-state index contributed by atoms with van der Waals surface area (Å²) < 4.78 is 1.71. The van der Waals surface area contributed by atoms with Gasteiger partial charge < -0.3 is 0 Å². The number of thioether (sulfide) groups is 1. The summed E-state index contributed by atoms with van der Waals surface area (Å²) in [4.78, 5) is 13.0. The van der Waals surface area contributed by atoms with Crippen molar-refractivity contribution in [3.05, 3.63) is 46.7 Å². The van der Waals surface area contributed by atoms with Crippen molar-refractivity contribution in [1.29, 1.82) is 0 Å². The fourth-order valence-corrected chi connectivity index (χ4v) is 2.66. The summed E-state index contributed by atoms with van der Waals surface area (Å²) in [6.07, 6.45) is 0. The molecule has 0 amide bonds. The molecule has 0 spiro atoms. The zero-order valence-electron chi connectivity index (χ0n) is 10.2. The average Bonchev–Trinajstić information content (AvgIpc) is 2.73. The van der Waals surface area contributed by atoms with E-state index in [-0.39, 0.29) is 5.12 Å². The molecule has 0 N–H and O–H groups in total. The predicted molar refractivity (Wildman–Crippen MR) is 74.3 cm³/mol. The van der Waals surface area contributed by atoms with Crippen molar-refractivity contribution >= 4 is 28.5 Å². The quantitative estimate of drug-likeness (QED) is 0.802. The van der Waals surface area contributed by atoms with Gasteiger partial charge in [0.1, 0.15) is 5.69 Å². The van der Waals surface area contributed by atoms with Gasteiger partial charge in [0, 0.05) is 11.4 Å². The van der Waals surface area contributed by atoms with Crippen LogP contribution in [0.25, 0.3) is 0 Å². The van der Waals surface area contributed by atoms with E-state index in [1.165, 1.54) is 0 Å². The van der Waals surface area contributed by atoms with Crippen LogP contribution in [0.1, 0.15) is 23.1 Å². The smallest absolute Gasteiger partial charge is 0.242 e. The molecule has 1 aromatic heterocycles. The molecule has 0 saturated heterocycles. The topological polar surface area (TPSA) is 34.9 Å². The molecule has 0 atom stereocenters. The number of carbonyl (C=O) groups is 1. The molecular formula is C13H13ClN2OS. The summed E-state index contributed by atoms with van der Waals surface area (Å²) in [5.41, 5.74) is 1.46. The highest BCUT2D eigenvalue weighted by atomic mass is 35.5. The molecule has 18 heavy (non-hydrogen) atoms. The number of aromatic nitrogens is 2. The summed E-state index contributed by atoms with van der Waals surface area (Å²) in [5, 5.41) is 4.82. The van der Waals surface area contributed by atoms with Gasteiger partial charge in [0.2, 0.25) is 5.12 Å². The van der Waals surface area contributed by atoms with Crippen LogP contribution in [-0.4, -0.2) is 14.9 Å². The molecule has 0 radical (unpaired) electrons. The van der Waals surface area contributed by atoms with Crippen molar-refractivity contribution in [3.8, 4) is 0 Å². The summed E-state index contributed by atoms with van der Waals surface area (Å²) in [6.45, 7) is 4.52. The van der Waals surface area contributed by atoms with E-state index in [0.29, 0.717) is 17.3 Å². The summed E-state index contributed by atoms with van der Waals surface area (Å²) in [5.74, 6) is 0. The molecule has 2 rings (SSSR count). The Kier molecular flexibility index (Phi) is 4.09. The van der Waals surface area contributed by atoms with Crippen LogP contribution in [-0.2, 0) is 6.54 Å². The van der Waals surface area contributed by atoms with Gasteiger partial charge in [-0.1, -0.05) is 23.7 Å². The number of halogens is 1. The maximum absolute atomic E-state index is 12.2. The van der Waals surface area contributed by atoms with Crippen molar-refractivity contribution in [2.75, 3.05) is 0 Å². The van der Waals surface area contributed by atoms with Gasteiger partial charge >= 0.3 is 0 Å². The molecule has 0 fully saturated rings.